The molecule has 2 heterocycles. The molecular formula is C16H19F3N4O3. The molecule has 3 rings (SSSR count). The number of piperidine rings is 1. The molecule has 26 heavy (non-hydrogen) atoms. The number of amides is 2. The molecule has 10 heteroatoms. The molecule has 1 saturated heterocycles. The number of hydrogen-bond donors (Lipinski definition) is 1. The Balaban J connectivity index is 1.72. The zero-order valence-corrected chi connectivity index (χ0v) is 14.5. The van der Waals surface area contributed by atoms with Crippen LogP contribution < -0.4 is 5.32 Å². The fraction of sp³-hybridized carbons (Fsp3) is 0.625. The van der Waals surface area contributed by atoms with Gasteiger partial charge in [0.25, 0.3) is 0 Å². The van der Waals surface area contributed by atoms with Crippen LogP contribution in [0.25, 0.3) is 0 Å². The lowest BCUT2D eigenvalue weighted by atomic mass is 10.1. The van der Waals surface area contributed by atoms with Crippen molar-refractivity contribution in [1.82, 2.24) is 14.9 Å². The second kappa shape index (κ2) is 6.10. The van der Waals surface area contributed by atoms with E-state index >= 15 is 0 Å². The van der Waals surface area contributed by atoms with E-state index < -0.39 is 35.5 Å². The number of carbonyl (C=O) groups is 2. The third-order valence-corrected chi connectivity index (χ3v) is 4.19. The van der Waals surface area contributed by atoms with E-state index in [1.54, 1.807) is 20.8 Å². The molecule has 2 aliphatic rings. The number of aromatic nitrogens is 2. The third kappa shape index (κ3) is 3.88. The SMILES string of the molecule is CC(C)(C)OC(=O)N1[C@@H](C(=O)Nc2cncc(C(F)(F)F)n2)C[C@H]2C[C@H]21. The molecule has 0 radical (unpaired) electrons. The Morgan fingerprint density at radius 1 is 1.23 bits per heavy atom. The number of alkyl halides is 3. The summed E-state index contributed by atoms with van der Waals surface area (Å²) < 4.78 is 43.5. The van der Waals surface area contributed by atoms with Gasteiger partial charge in [0.15, 0.2) is 11.5 Å². The van der Waals surface area contributed by atoms with Crippen LogP contribution in [0.2, 0.25) is 0 Å². The van der Waals surface area contributed by atoms with Crippen molar-refractivity contribution in [3.05, 3.63) is 18.1 Å². The summed E-state index contributed by atoms with van der Waals surface area (Å²) in [5, 5.41) is 2.32. The van der Waals surface area contributed by atoms with Crippen LogP contribution in [0, 0.1) is 5.92 Å². The number of halogens is 3. The Kier molecular flexibility index (Phi) is 4.32. The van der Waals surface area contributed by atoms with Crippen molar-refractivity contribution in [3.63, 3.8) is 0 Å². The Morgan fingerprint density at radius 3 is 2.54 bits per heavy atom. The van der Waals surface area contributed by atoms with Crippen molar-refractivity contribution in [3.8, 4) is 0 Å². The van der Waals surface area contributed by atoms with E-state index in [-0.39, 0.29) is 17.8 Å². The van der Waals surface area contributed by atoms with Crippen LogP contribution in [0.3, 0.4) is 0 Å². The van der Waals surface area contributed by atoms with Gasteiger partial charge in [-0.05, 0) is 39.5 Å². The molecule has 7 nitrogen and oxygen atoms in total. The minimum absolute atomic E-state index is 0.0619. The summed E-state index contributed by atoms with van der Waals surface area (Å²) in [5.41, 5.74) is -1.91. The lowest BCUT2D eigenvalue weighted by Crippen LogP contribution is -2.47. The lowest BCUT2D eigenvalue weighted by Gasteiger charge is -2.29. The van der Waals surface area contributed by atoms with Gasteiger partial charge in [-0.3, -0.25) is 14.7 Å². The maximum Gasteiger partial charge on any atom is 0.434 e. The monoisotopic (exact) mass is 372 g/mol. The zero-order valence-electron chi connectivity index (χ0n) is 14.5. The molecule has 2 fully saturated rings. The average molecular weight is 372 g/mol. The number of likely N-dealkylation sites (tertiary alicyclic amines) is 1. The van der Waals surface area contributed by atoms with Gasteiger partial charge < -0.3 is 10.1 Å². The summed E-state index contributed by atoms with van der Waals surface area (Å²) in [6.07, 6.45) is -2.41. The summed E-state index contributed by atoms with van der Waals surface area (Å²) >= 11 is 0. The maximum absolute atomic E-state index is 12.7. The van der Waals surface area contributed by atoms with Crippen molar-refractivity contribution in [2.45, 2.75) is 57.5 Å². The van der Waals surface area contributed by atoms with Gasteiger partial charge in [-0.2, -0.15) is 13.2 Å². The molecule has 1 aliphatic heterocycles. The molecule has 0 spiro atoms. The molecule has 1 saturated carbocycles. The maximum atomic E-state index is 12.7. The zero-order chi connectivity index (χ0) is 19.3. The number of carbonyl (C=O) groups excluding carboxylic acids is 2. The van der Waals surface area contributed by atoms with Gasteiger partial charge in [0.2, 0.25) is 5.91 Å². The number of nitrogens with one attached hydrogen (secondary N) is 1. The molecule has 0 bridgehead atoms. The largest absolute Gasteiger partial charge is 0.444 e. The summed E-state index contributed by atoms with van der Waals surface area (Å²) in [7, 11) is 0. The highest BCUT2D eigenvalue weighted by Gasteiger charge is 2.57. The highest BCUT2D eigenvalue weighted by atomic mass is 19.4. The quantitative estimate of drug-likeness (QED) is 0.863. The van der Waals surface area contributed by atoms with E-state index in [1.165, 1.54) is 4.90 Å². The van der Waals surface area contributed by atoms with E-state index in [9.17, 15) is 22.8 Å². The first kappa shape index (κ1) is 18.4. The Bertz CT molecular complexity index is 732. The number of fused-ring (bicyclic) bond motifs is 1. The van der Waals surface area contributed by atoms with E-state index in [0.29, 0.717) is 12.6 Å². The van der Waals surface area contributed by atoms with Crippen LogP contribution in [-0.4, -0.2) is 44.6 Å². The lowest BCUT2D eigenvalue weighted by molar-refractivity contribution is -0.141. The molecule has 1 aliphatic carbocycles. The van der Waals surface area contributed by atoms with Crippen molar-refractivity contribution in [2.75, 3.05) is 5.32 Å². The topological polar surface area (TPSA) is 84.4 Å². The number of hydrogen-bond acceptors (Lipinski definition) is 5. The molecule has 3 atom stereocenters. The number of ether oxygens (including phenoxy) is 1. The Morgan fingerprint density at radius 2 is 1.92 bits per heavy atom. The molecule has 1 aromatic heterocycles. The number of anilines is 1. The smallest absolute Gasteiger partial charge is 0.434 e. The molecule has 2 amide bonds. The van der Waals surface area contributed by atoms with Gasteiger partial charge in [-0.15, -0.1) is 0 Å². The standard InChI is InChI=1S/C16H19F3N4O3/c1-15(2,3)26-14(25)23-9-4-8(9)5-10(23)13(24)22-12-7-20-6-11(21-12)16(17,18)19/h6-10H,4-5H2,1-3H3,(H,21,22,24)/t8-,9-,10-/m1/s1. The van der Waals surface area contributed by atoms with Crippen LogP contribution in [0.1, 0.15) is 39.3 Å². The minimum atomic E-state index is -4.66. The fourth-order valence-electron chi connectivity index (χ4n) is 3.04. The number of nitrogens with zero attached hydrogens (tertiary/aromatic N) is 3. The first-order valence-corrected chi connectivity index (χ1v) is 8.17. The predicted octanol–water partition coefficient (Wildman–Crippen LogP) is 2.83. The third-order valence-electron chi connectivity index (χ3n) is 4.19. The summed E-state index contributed by atoms with van der Waals surface area (Å²) in [4.78, 5) is 33.1. The van der Waals surface area contributed by atoms with Crippen LogP contribution >= 0.6 is 0 Å². The van der Waals surface area contributed by atoms with Gasteiger partial charge >= 0.3 is 12.3 Å². The van der Waals surface area contributed by atoms with Gasteiger partial charge in [0, 0.05) is 6.04 Å². The van der Waals surface area contributed by atoms with Crippen LogP contribution in [-0.2, 0) is 15.7 Å². The highest BCUT2D eigenvalue weighted by Crippen LogP contribution is 2.48. The van der Waals surface area contributed by atoms with Crippen LogP contribution in [0.5, 0.6) is 0 Å². The second-order valence-corrected chi connectivity index (χ2v) is 7.48. The normalized spacial score (nSPS) is 24.8. The van der Waals surface area contributed by atoms with Crippen molar-refractivity contribution in [2.24, 2.45) is 5.92 Å². The molecule has 1 N–H and O–H groups in total. The van der Waals surface area contributed by atoms with Crippen LogP contribution in [0.15, 0.2) is 12.4 Å². The minimum Gasteiger partial charge on any atom is -0.444 e. The Hall–Kier alpha value is -2.39. The molecule has 1 aromatic rings. The van der Waals surface area contributed by atoms with Crippen LogP contribution in [0.4, 0.5) is 23.8 Å². The molecule has 0 aromatic carbocycles. The first-order valence-electron chi connectivity index (χ1n) is 8.17. The van der Waals surface area contributed by atoms with E-state index in [2.05, 4.69) is 15.3 Å². The van der Waals surface area contributed by atoms with Gasteiger partial charge in [0.1, 0.15) is 11.6 Å². The summed E-state index contributed by atoms with van der Waals surface area (Å²) in [5.74, 6) is -0.697. The van der Waals surface area contributed by atoms with Crippen molar-refractivity contribution >= 4 is 17.8 Å². The Labute approximate surface area is 147 Å². The van der Waals surface area contributed by atoms with Gasteiger partial charge in [-0.25, -0.2) is 9.78 Å². The molecule has 0 unspecified atom stereocenters. The summed E-state index contributed by atoms with van der Waals surface area (Å²) in [6.45, 7) is 5.16. The number of rotatable bonds is 2. The highest BCUT2D eigenvalue weighted by molar-refractivity contribution is 5.96. The van der Waals surface area contributed by atoms with E-state index in [1.807, 2.05) is 0 Å². The van der Waals surface area contributed by atoms with Crippen molar-refractivity contribution < 1.29 is 27.5 Å². The first-order chi connectivity index (χ1) is 12.0. The molecular weight excluding hydrogens is 353 g/mol. The van der Waals surface area contributed by atoms with Gasteiger partial charge in [0.05, 0.1) is 12.4 Å². The van der Waals surface area contributed by atoms with E-state index in [0.717, 1.165) is 12.6 Å². The van der Waals surface area contributed by atoms with E-state index in [4.69, 9.17) is 4.74 Å². The molecule has 142 valence electrons. The predicted molar refractivity (Wildman–Crippen MR) is 84.0 cm³/mol. The second-order valence-electron chi connectivity index (χ2n) is 7.48. The fourth-order valence-corrected chi connectivity index (χ4v) is 3.04. The van der Waals surface area contributed by atoms with Gasteiger partial charge in [-0.1, -0.05) is 0 Å². The van der Waals surface area contributed by atoms with Crippen molar-refractivity contribution in [1.29, 1.82) is 0 Å². The summed E-state index contributed by atoms with van der Waals surface area (Å²) in [6, 6.07) is -0.863. The average Bonchev–Trinajstić information content (AvgIpc) is 3.14.